The van der Waals surface area contributed by atoms with Gasteiger partial charge in [0.1, 0.15) is 6.54 Å². The van der Waals surface area contributed by atoms with Crippen LogP contribution in [0.25, 0.3) is 0 Å². The molecule has 0 aliphatic rings. The molecule has 0 amide bonds. The highest BCUT2D eigenvalue weighted by atomic mass is 19.0. The van der Waals surface area contributed by atoms with Crippen LogP contribution in [-0.2, 0) is 13.0 Å². The average molecular weight is 211 g/mol. The minimum Gasteiger partial charge on any atom is -1.00 e. The Balaban J connectivity index is 0.00000196. The summed E-state index contributed by atoms with van der Waals surface area (Å²) >= 11 is 0. The van der Waals surface area contributed by atoms with Gasteiger partial charge in [0.25, 0.3) is 0 Å². The van der Waals surface area contributed by atoms with Gasteiger partial charge in [0.05, 0.1) is 0 Å². The molecule has 1 nitrogen and oxygen atoms in total. The van der Waals surface area contributed by atoms with E-state index in [1.54, 1.807) is 0 Å². The molecule has 86 valence electrons. The predicted octanol–water partition coefficient (Wildman–Crippen LogP) is 0.121. The maximum absolute atomic E-state index is 2.40. The Hall–Kier alpha value is -0.920. The first-order valence-electron chi connectivity index (χ1n) is 5.85. The monoisotopic (exact) mass is 211 g/mol. The van der Waals surface area contributed by atoms with E-state index < -0.39 is 0 Å². The number of hydrogen-bond donors (Lipinski definition) is 0. The lowest BCUT2D eigenvalue weighted by molar-refractivity contribution is -0.704. The van der Waals surface area contributed by atoms with Crippen LogP contribution in [0.3, 0.4) is 0 Å². The summed E-state index contributed by atoms with van der Waals surface area (Å²) in [7, 11) is 0. The van der Waals surface area contributed by atoms with Crippen molar-refractivity contribution in [3.05, 3.63) is 30.1 Å². The summed E-state index contributed by atoms with van der Waals surface area (Å²) in [6.07, 6.45) is 8.57. The molecule has 0 saturated heterocycles. The van der Waals surface area contributed by atoms with Gasteiger partial charge in [-0.2, -0.15) is 0 Å². The summed E-state index contributed by atoms with van der Waals surface area (Å²) in [4.78, 5) is 0. The Morgan fingerprint density at radius 2 is 1.80 bits per heavy atom. The van der Waals surface area contributed by atoms with Gasteiger partial charge in [0.2, 0.25) is 0 Å². The Kier molecular flexibility index (Phi) is 7.88. The first-order chi connectivity index (χ1) is 6.88. The molecule has 0 unspecified atom stereocenters. The van der Waals surface area contributed by atoms with Gasteiger partial charge in [-0.25, -0.2) is 4.57 Å². The number of rotatable bonds is 6. The van der Waals surface area contributed by atoms with Gasteiger partial charge in [-0.05, 0) is 6.42 Å². The second kappa shape index (κ2) is 8.39. The lowest BCUT2D eigenvalue weighted by Gasteiger charge is -2.02. The lowest BCUT2D eigenvalue weighted by Crippen LogP contribution is -3.00. The van der Waals surface area contributed by atoms with E-state index in [4.69, 9.17) is 0 Å². The molecule has 2 heteroatoms. The standard InChI is InChI=1S/C13H22N.FH/c1-3-5-9-13-10-7-8-12-14(13)11-6-4-2;/h7-8,10,12H,3-6,9,11H2,1-2H3;1H/q+1;/p-1. The third kappa shape index (κ3) is 4.91. The number of aromatic nitrogens is 1. The topological polar surface area (TPSA) is 3.88 Å². The van der Waals surface area contributed by atoms with Crippen LogP contribution in [0.1, 0.15) is 45.2 Å². The smallest absolute Gasteiger partial charge is 0.181 e. The first kappa shape index (κ1) is 14.1. The maximum atomic E-state index is 2.40. The molecule has 0 bridgehead atoms. The normalized spacial score (nSPS) is 9.73. The minimum atomic E-state index is 0. The largest absolute Gasteiger partial charge is 1.00 e. The molecule has 0 aromatic carbocycles. The van der Waals surface area contributed by atoms with Gasteiger partial charge < -0.3 is 4.70 Å². The zero-order valence-corrected chi connectivity index (χ0v) is 9.88. The van der Waals surface area contributed by atoms with Crippen molar-refractivity contribution in [1.82, 2.24) is 0 Å². The second-order valence-corrected chi connectivity index (χ2v) is 3.84. The van der Waals surface area contributed by atoms with Crippen molar-refractivity contribution in [2.75, 3.05) is 0 Å². The summed E-state index contributed by atoms with van der Waals surface area (Å²) in [6.45, 7) is 5.67. The van der Waals surface area contributed by atoms with Crippen molar-refractivity contribution in [1.29, 1.82) is 0 Å². The number of unbranched alkanes of at least 4 members (excludes halogenated alkanes) is 2. The van der Waals surface area contributed by atoms with Crippen LogP contribution >= 0.6 is 0 Å². The van der Waals surface area contributed by atoms with E-state index in [0.29, 0.717) is 0 Å². The Labute approximate surface area is 92.5 Å². The van der Waals surface area contributed by atoms with Gasteiger partial charge in [-0.1, -0.05) is 32.8 Å². The maximum Gasteiger partial charge on any atom is 0.181 e. The number of nitrogens with zero attached hydrogens (tertiary/aromatic N) is 1. The van der Waals surface area contributed by atoms with Crippen molar-refractivity contribution in [3.63, 3.8) is 0 Å². The molecule has 1 aromatic rings. The van der Waals surface area contributed by atoms with E-state index in [2.05, 4.69) is 42.8 Å². The molecule has 0 spiro atoms. The molecule has 0 fully saturated rings. The van der Waals surface area contributed by atoms with Gasteiger partial charge in [-0.15, -0.1) is 0 Å². The Morgan fingerprint density at radius 1 is 1.07 bits per heavy atom. The SMILES string of the molecule is CCCCc1cccc[n+]1CCCC.[F-]. The quantitative estimate of drug-likeness (QED) is 0.589. The van der Waals surface area contributed by atoms with E-state index in [0.717, 1.165) is 0 Å². The molecule has 15 heavy (non-hydrogen) atoms. The molecule has 1 heterocycles. The van der Waals surface area contributed by atoms with E-state index in [-0.39, 0.29) is 4.70 Å². The van der Waals surface area contributed by atoms with Crippen LogP contribution in [0.5, 0.6) is 0 Å². The molecule has 0 saturated carbocycles. The van der Waals surface area contributed by atoms with Crippen LogP contribution in [0.4, 0.5) is 0 Å². The highest BCUT2D eigenvalue weighted by Gasteiger charge is 2.07. The van der Waals surface area contributed by atoms with Crippen LogP contribution < -0.4 is 9.27 Å². The van der Waals surface area contributed by atoms with E-state index in [1.165, 1.54) is 44.3 Å². The molecule has 0 radical (unpaired) electrons. The molecule has 0 aliphatic carbocycles. The molecule has 0 atom stereocenters. The van der Waals surface area contributed by atoms with E-state index >= 15 is 0 Å². The molecular formula is C13H22FN. The summed E-state index contributed by atoms with van der Waals surface area (Å²) in [5, 5.41) is 0. The fourth-order valence-electron chi connectivity index (χ4n) is 1.64. The predicted molar refractivity (Wildman–Crippen MR) is 60.2 cm³/mol. The number of aryl methyl sites for hydroxylation is 2. The summed E-state index contributed by atoms with van der Waals surface area (Å²) in [5.74, 6) is 0. The van der Waals surface area contributed by atoms with Crippen LogP contribution in [0.2, 0.25) is 0 Å². The molecule has 1 rings (SSSR count). The van der Waals surface area contributed by atoms with Crippen molar-refractivity contribution in [3.8, 4) is 0 Å². The van der Waals surface area contributed by atoms with Crippen molar-refractivity contribution in [2.45, 2.75) is 52.5 Å². The van der Waals surface area contributed by atoms with E-state index in [9.17, 15) is 0 Å². The number of halogens is 1. The minimum absolute atomic E-state index is 0. The highest BCUT2D eigenvalue weighted by Crippen LogP contribution is 2.00. The van der Waals surface area contributed by atoms with E-state index in [1.807, 2.05) is 0 Å². The molecule has 0 aliphatic heterocycles. The molecule has 1 aromatic heterocycles. The zero-order chi connectivity index (χ0) is 10.2. The van der Waals surface area contributed by atoms with Crippen LogP contribution in [0, 0.1) is 0 Å². The van der Waals surface area contributed by atoms with Gasteiger partial charge >= 0.3 is 0 Å². The third-order valence-electron chi connectivity index (χ3n) is 2.57. The first-order valence-corrected chi connectivity index (χ1v) is 5.85. The number of hydrogen-bond acceptors (Lipinski definition) is 0. The van der Waals surface area contributed by atoms with Crippen molar-refractivity contribution in [2.24, 2.45) is 0 Å². The lowest BCUT2D eigenvalue weighted by atomic mass is 10.2. The van der Waals surface area contributed by atoms with Crippen LogP contribution in [0.15, 0.2) is 24.4 Å². The third-order valence-corrected chi connectivity index (χ3v) is 2.57. The molecule has 0 N–H and O–H groups in total. The molecular weight excluding hydrogens is 189 g/mol. The Bertz CT molecular complexity index is 233. The summed E-state index contributed by atoms with van der Waals surface area (Å²) in [6, 6.07) is 6.53. The summed E-state index contributed by atoms with van der Waals surface area (Å²) in [5.41, 5.74) is 1.49. The fourth-order valence-corrected chi connectivity index (χ4v) is 1.64. The Morgan fingerprint density at radius 3 is 2.47 bits per heavy atom. The van der Waals surface area contributed by atoms with Crippen molar-refractivity contribution < 1.29 is 9.27 Å². The van der Waals surface area contributed by atoms with Crippen LogP contribution in [-0.4, -0.2) is 0 Å². The number of pyridine rings is 1. The average Bonchev–Trinajstić information content (AvgIpc) is 2.24. The zero-order valence-electron chi connectivity index (χ0n) is 9.88. The summed E-state index contributed by atoms with van der Waals surface area (Å²) < 4.78 is 2.40. The van der Waals surface area contributed by atoms with Crippen molar-refractivity contribution >= 4 is 0 Å². The van der Waals surface area contributed by atoms with Gasteiger partial charge in [-0.3, -0.25) is 0 Å². The second-order valence-electron chi connectivity index (χ2n) is 3.84. The van der Waals surface area contributed by atoms with Gasteiger partial charge in [0, 0.05) is 25.0 Å². The highest BCUT2D eigenvalue weighted by molar-refractivity contribution is 4.97. The van der Waals surface area contributed by atoms with Gasteiger partial charge in [0.15, 0.2) is 11.9 Å². The fraction of sp³-hybridized carbons (Fsp3) is 0.615.